The molecule has 3 N–H and O–H groups in total. The number of nitrogens with zero attached hydrogens (tertiary/aromatic N) is 3. The van der Waals surface area contributed by atoms with Crippen molar-refractivity contribution in [3.8, 4) is 0 Å². The highest BCUT2D eigenvalue weighted by atomic mass is 35.5. The van der Waals surface area contributed by atoms with Gasteiger partial charge in [0.25, 0.3) is 0 Å². The zero-order valence-corrected chi connectivity index (χ0v) is 16.9. The molecule has 0 bridgehead atoms. The Labute approximate surface area is 170 Å². The summed E-state index contributed by atoms with van der Waals surface area (Å²) in [4.78, 5) is 10.9. The Morgan fingerprint density at radius 2 is 2.11 bits per heavy atom. The van der Waals surface area contributed by atoms with Gasteiger partial charge in [0.2, 0.25) is 5.95 Å². The van der Waals surface area contributed by atoms with E-state index >= 15 is 0 Å². The number of aromatic nitrogens is 2. The van der Waals surface area contributed by atoms with Gasteiger partial charge >= 0.3 is 0 Å². The third-order valence-corrected chi connectivity index (χ3v) is 5.64. The van der Waals surface area contributed by atoms with Crippen LogP contribution >= 0.6 is 11.6 Å². The Hall–Kier alpha value is -2.09. The zero-order chi connectivity index (χ0) is 19.7. The third-order valence-electron chi connectivity index (χ3n) is 5.31. The third kappa shape index (κ3) is 4.01. The lowest BCUT2D eigenvalue weighted by molar-refractivity contribution is -0.0518. The highest BCUT2D eigenvalue weighted by Crippen LogP contribution is 2.35. The Bertz CT molecular complexity index is 829. The van der Waals surface area contributed by atoms with Crippen molar-refractivity contribution in [2.75, 3.05) is 42.3 Å². The Morgan fingerprint density at radius 3 is 2.79 bits per heavy atom. The molecule has 4 rings (SSSR count). The summed E-state index contributed by atoms with van der Waals surface area (Å²) in [5.41, 5.74) is 8.75. The van der Waals surface area contributed by atoms with Crippen LogP contribution in [0.4, 0.5) is 17.5 Å². The van der Waals surface area contributed by atoms with Gasteiger partial charge in [-0.05, 0) is 38.0 Å². The molecule has 0 saturated carbocycles. The fourth-order valence-electron chi connectivity index (χ4n) is 3.68. The van der Waals surface area contributed by atoms with Gasteiger partial charge < -0.3 is 25.4 Å². The molecule has 0 aliphatic carbocycles. The number of nitrogens with two attached hydrogens (primary N) is 1. The molecule has 2 aromatic rings. The summed E-state index contributed by atoms with van der Waals surface area (Å²) in [5.74, 6) is 1.08. The van der Waals surface area contributed by atoms with E-state index in [0.29, 0.717) is 24.3 Å². The van der Waals surface area contributed by atoms with Crippen LogP contribution in [0, 0.1) is 6.92 Å². The van der Waals surface area contributed by atoms with Gasteiger partial charge in [-0.1, -0.05) is 17.7 Å². The van der Waals surface area contributed by atoms with Gasteiger partial charge in [-0.3, -0.25) is 0 Å². The Morgan fingerprint density at radius 1 is 1.25 bits per heavy atom. The van der Waals surface area contributed by atoms with Crippen LogP contribution in [0.5, 0.6) is 0 Å². The first-order valence-corrected chi connectivity index (χ1v) is 10.0. The van der Waals surface area contributed by atoms with E-state index in [2.05, 4.69) is 39.2 Å². The van der Waals surface area contributed by atoms with Gasteiger partial charge in [0.1, 0.15) is 5.82 Å². The normalized spacial score (nSPS) is 25.1. The molecule has 0 spiro atoms. The highest BCUT2D eigenvalue weighted by Gasteiger charge is 2.29. The van der Waals surface area contributed by atoms with Gasteiger partial charge in [0.15, 0.2) is 0 Å². The molecule has 0 radical (unpaired) electrons. The van der Waals surface area contributed by atoms with Crippen molar-refractivity contribution < 1.29 is 9.47 Å². The van der Waals surface area contributed by atoms with Crippen molar-refractivity contribution in [2.45, 2.75) is 38.5 Å². The van der Waals surface area contributed by atoms with Gasteiger partial charge in [-0.15, -0.1) is 0 Å². The predicted octanol–water partition coefficient (Wildman–Crippen LogP) is 3.19. The Balaban J connectivity index is 1.62. The molecule has 3 atom stereocenters. The lowest BCUT2D eigenvalue weighted by Crippen LogP contribution is -2.48. The molecule has 2 aliphatic heterocycles. The van der Waals surface area contributed by atoms with Crippen LogP contribution in [0.2, 0.25) is 5.02 Å². The van der Waals surface area contributed by atoms with Crippen LogP contribution in [0.15, 0.2) is 24.3 Å². The van der Waals surface area contributed by atoms with E-state index in [0.717, 1.165) is 42.3 Å². The maximum absolute atomic E-state index is 6.70. The van der Waals surface area contributed by atoms with Gasteiger partial charge in [0, 0.05) is 35.6 Å². The number of halogens is 1. The number of nitrogens with one attached hydrogen (secondary N) is 1. The number of rotatable bonds is 4. The lowest BCUT2D eigenvalue weighted by atomic mass is 10.0. The summed E-state index contributed by atoms with van der Waals surface area (Å²) in [6, 6.07) is 8.35. The minimum Gasteiger partial charge on any atom is -0.379 e. The molecule has 2 aliphatic rings. The molecular formula is C20H26ClN5O2. The smallest absolute Gasteiger partial charge is 0.222 e. The first-order valence-electron chi connectivity index (χ1n) is 9.64. The first-order chi connectivity index (χ1) is 13.5. The van der Waals surface area contributed by atoms with Crippen molar-refractivity contribution in [3.63, 3.8) is 0 Å². The molecule has 8 heteroatoms. The number of benzene rings is 1. The number of hydrogen-bond acceptors (Lipinski definition) is 7. The fourth-order valence-corrected chi connectivity index (χ4v) is 3.98. The Kier molecular flexibility index (Phi) is 5.57. The summed E-state index contributed by atoms with van der Waals surface area (Å²) >= 11 is 6.70. The number of hydrogen-bond donors (Lipinski definition) is 2. The molecule has 2 saturated heterocycles. The van der Waals surface area contributed by atoms with E-state index < -0.39 is 0 Å². The van der Waals surface area contributed by atoms with Crippen molar-refractivity contribution in [2.24, 2.45) is 0 Å². The number of aryl methyl sites for hydroxylation is 1. The molecule has 0 amide bonds. The average molecular weight is 404 g/mol. The number of nitrogen functional groups attached to an aromatic ring is 1. The van der Waals surface area contributed by atoms with Crippen LogP contribution in [0.1, 0.15) is 30.6 Å². The molecule has 1 aromatic heterocycles. The molecule has 1 aromatic carbocycles. The monoisotopic (exact) mass is 403 g/mol. The molecule has 3 heterocycles. The summed E-state index contributed by atoms with van der Waals surface area (Å²) in [7, 11) is 0. The molecule has 2 fully saturated rings. The zero-order valence-electron chi connectivity index (χ0n) is 16.2. The van der Waals surface area contributed by atoms with E-state index in [1.54, 1.807) is 0 Å². The predicted molar refractivity (Wildman–Crippen MR) is 111 cm³/mol. The highest BCUT2D eigenvalue weighted by molar-refractivity contribution is 6.31. The quantitative estimate of drug-likeness (QED) is 0.810. The molecule has 0 unspecified atom stereocenters. The molecule has 7 nitrogen and oxygen atoms in total. The van der Waals surface area contributed by atoms with Crippen molar-refractivity contribution in [1.82, 2.24) is 9.97 Å². The van der Waals surface area contributed by atoms with Crippen LogP contribution < -0.4 is 16.0 Å². The molecular weight excluding hydrogens is 378 g/mol. The van der Waals surface area contributed by atoms with E-state index in [4.69, 9.17) is 26.8 Å². The van der Waals surface area contributed by atoms with Crippen LogP contribution in [0.25, 0.3) is 0 Å². The van der Waals surface area contributed by atoms with E-state index in [1.807, 2.05) is 19.1 Å². The second kappa shape index (κ2) is 8.11. The van der Waals surface area contributed by atoms with E-state index in [9.17, 15) is 0 Å². The topological polar surface area (TPSA) is 85.5 Å². The summed E-state index contributed by atoms with van der Waals surface area (Å²) in [6.45, 7) is 6.77. The second-order valence-electron chi connectivity index (χ2n) is 7.39. The van der Waals surface area contributed by atoms with Crippen molar-refractivity contribution in [1.29, 1.82) is 0 Å². The number of ether oxygens (including phenoxy) is 2. The fraction of sp³-hybridized carbons (Fsp3) is 0.500. The summed E-state index contributed by atoms with van der Waals surface area (Å²) in [6.07, 6.45) is 1.13. The number of anilines is 3. The maximum atomic E-state index is 6.70. The largest absolute Gasteiger partial charge is 0.379 e. The molecule has 28 heavy (non-hydrogen) atoms. The van der Waals surface area contributed by atoms with Crippen molar-refractivity contribution in [3.05, 3.63) is 40.5 Å². The van der Waals surface area contributed by atoms with Gasteiger partial charge in [-0.2, -0.15) is 4.98 Å². The van der Waals surface area contributed by atoms with Crippen LogP contribution in [0.3, 0.4) is 0 Å². The van der Waals surface area contributed by atoms with Gasteiger partial charge in [-0.25, -0.2) is 4.98 Å². The minimum atomic E-state index is -0.0382. The van der Waals surface area contributed by atoms with E-state index in [1.165, 1.54) is 0 Å². The lowest BCUT2D eigenvalue weighted by Gasteiger charge is -2.35. The van der Waals surface area contributed by atoms with Crippen LogP contribution in [-0.4, -0.2) is 48.5 Å². The second-order valence-corrected chi connectivity index (χ2v) is 7.80. The van der Waals surface area contributed by atoms with Crippen molar-refractivity contribution >= 4 is 29.1 Å². The first kappa shape index (κ1) is 19.2. The van der Waals surface area contributed by atoms with E-state index in [-0.39, 0.29) is 18.1 Å². The maximum Gasteiger partial charge on any atom is 0.222 e. The SMILES string of the molecule is Cc1cc(N2CCCOC[C@H]2c2ccc(N[C@@H]3CO[C@@H]3C)cc2Cl)nc(N)n1. The average Bonchev–Trinajstić information content (AvgIpc) is 2.90. The van der Waals surface area contributed by atoms with Gasteiger partial charge in [0.05, 0.1) is 31.4 Å². The summed E-state index contributed by atoms with van der Waals surface area (Å²) < 4.78 is 11.3. The summed E-state index contributed by atoms with van der Waals surface area (Å²) in [5, 5.41) is 4.18. The van der Waals surface area contributed by atoms with Crippen LogP contribution in [-0.2, 0) is 9.47 Å². The minimum absolute atomic E-state index is 0.0382. The molecule has 150 valence electrons. The standard InChI is InChI=1S/C20H26ClN5O2/c1-12-8-19(25-20(22)23-12)26-6-3-7-27-11-18(26)15-5-4-14(9-16(15)21)24-17-10-28-13(17)2/h4-5,8-9,13,17-18,24H,3,6-7,10-11H2,1-2H3,(H2,22,23,25)/t13-,17-,18+/m1/s1.